The Labute approximate surface area is 173 Å². The Balaban J connectivity index is 1.64. The van der Waals surface area contributed by atoms with Crippen LogP contribution in [0, 0.1) is 11.3 Å². The summed E-state index contributed by atoms with van der Waals surface area (Å²) in [5, 5.41) is 32.4. The van der Waals surface area contributed by atoms with E-state index in [1.165, 1.54) is 22.5 Å². The maximum atomic E-state index is 9.41. The summed E-state index contributed by atoms with van der Waals surface area (Å²) in [5.74, 6) is 0.589. The molecule has 7 heteroatoms. The van der Waals surface area contributed by atoms with E-state index in [1.807, 2.05) is 19.1 Å². The van der Waals surface area contributed by atoms with Crippen molar-refractivity contribution in [1.82, 2.24) is 15.5 Å². The van der Waals surface area contributed by atoms with Crippen molar-refractivity contribution in [2.75, 3.05) is 19.8 Å². The van der Waals surface area contributed by atoms with Crippen molar-refractivity contribution in [3.63, 3.8) is 0 Å². The molecule has 1 aliphatic carbocycles. The molecule has 3 aromatic rings. The van der Waals surface area contributed by atoms with E-state index >= 15 is 0 Å². The molecule has 0 aliphatic heterocycles. The van der Waals surface area contributed by atoms with E-state index < -0.39 is 0 Å². The van der Waals surface area contributed by atoms with Crippen LogP contribution in [0.5, 0.6) is 5.75 Å². The lowest BCUT2D eigenvalue weighted by molar-refractivity contribution is 0.284. The number of hydrogen-bond acceptors (Lipinski definition) is 7. The van der Waals surface area contributed by atoms with E-state index in [4.69, 9.17) is 9.84 Å². The molecule has 2 aromatic carbocycles. The van der Waals surface area contributed by atoms with Gasteiger partial charge in [-0.15, -0.1) is 10.2 Å². The largest absolute Gasteiger partial charge is 0.492 e. The molecule has 6 nitrogen and oxygen atoms in total. The van der Waals surface area contributed by atoms with E-state index in [0.29, 0.717) is 24.5 Å². The van der Waals surface area contributed by atoms with Gasteiger partial charge in [0.15, 0.2) is 0 Å². The molecule has 1 aliphatic rings. The van der Waals surface area contributed by atoms with E-state index in [-0.39, 0.29) is 12.6 Å². The van der Waals surface area contributed by atoms with Crippen LogP contribution in [0.25, 0.3) is 21.1 Å². The summed E-state index contributed by atoms with van der Waals surface area (Å²) in [4.78, 5) is 0. The Bertz CT molecular complexity index is 1060. The fourth-order valence-electron chi connectivity index (χ4n) is 3.79. The fourth-order valence-corrected chi connectivity index (χ4v) is 4.68. The average molecular weight is 407 g/mol. The molecular formula is C22H22N4O2S. The average Bonchev–Trinajstić information content (AvgIpc) is 3.40. The number of rotatable bonds is 7. The van der Waals surface area contributed by atoms with Gasteiger partial charge in [0.1, 0.15) is 21.8 Å². The highest BCUT2D eigenvalue weighted by Gasteiger charge is 2.25. The van der Waals surface area contributed by atoms with Gasteiger partial charge in [-0.2, -0.15) is 5.26 Å². The summed E-state index contributed by atoms with van der Waals surface area (Å²) in [6, 6.07) is 14.3. The van der Waals surface area contributed by atoms with Crippen LogP contribution in [0.2, 0.25) is 0 Å². The van der Waals surface area contributed by atoms with Crippen LogP contribution in [-0.4, -0.2) is 35.1 Å². The first-order chi connectivity index (χ1) is 14.2. The highest BCUT2D eigenvalue weighted by atomic mass is 32.1. The minimum Gasteiger partial charge on any atom is -0.492 e. The van der Waals surface area contributed by atoms with Crippen molar-refractivity contribution in [3.8, 4) is 33.0 Å². The number of benzene rings is 2. The Morgan fingerprint density at radius 1 is 1.28 bits per heavy atom. The molecule has 2 N–H and O–H groups in total. The predicted molar refractivity (Wildman–Crippen MR) is 113 cm³/mol. The van der Waals surface area contributed by atoms with Crippen molar-refractivity contribution >= 4 is 11.3 Å². The fraction of sp³-hybridized carbons (Fsp3) is 0.318. The van der Waals surface area contributed by atoms with Gasteiger partial charge in [-0.25, -0.2) is 0 Å². The van der Waals surface area contributed by atoms with Crippen LogP contribution in [0.3, 0.4) is 0 Å². The number of fused-ring (bicyclic) bond motifs is 1. The van der Waals surface area contributed by atoms with E-state index in [2.05, 4.69) is 39.8 Å². The molecule has 0 fully saturated rings. The lowest BCUT2D eigenvalue weighted by Gasteiger charge is -2.13. The van der Waals surface area contributed by atoms with E-state index in [9.17, 15) is 5.26 Å². The van der Waals surface area contributed by atoms with Gasteiger partial charge < -0.3 is 15.2 Å². The zero-order valence-corrected chi connectivity index (χ0v) is 17.0. The Kier molecular flexibility index (Phi) is 5.86. The molecule has 0 radical (unpaired) electrons. The van der Waals surface area contributed by atoms with Gasteiger partial charge in [0.05, 0.1) is 18.8 Å². The summed E-state index contributed by atoms with van der Waals surface area (Å²) in [7, 11) is 0. The van der Waals surface area contributed by atoms with Gasteiger partial charge >= 0.3 is 0 Å². The van der Waals surface area contributed by atoms with Crippen molar-refractivity contribution in [2.45, 2.75) is 25.8 Å². The minimum atomic E-state index is 0.137. The smallest absolute Gasteiger partial charge is 0.148 e. The number of nitrogens with one attached hydrogen (secondary N) is 1. The Morgan fingerprint density at radius 2 is 2.14 bits per heavy atom. The standard InChI is InChI=1S/C22H22N4O2S/c1-2-28-20-9-6-14(12-15(20)13-23)21-25-26-22(29-21)18-5-3-4-17-16(18)7-8-19(17)24-10-11-27/h3-6,9,12,19,24,27H,2,7-8,10-11H2,1H3. The molecule has 0 amide bonds. The molecule has 1 aromatic heterocycles. The lowest BCUT2D eigenvalue weighted by Crippen LogP contribution is -2.22. The molecular weight excluding hydrogens is 384 g/mol. The number of nitriles is 1. The van der Waals surface area contributed by atoms with Crippen LogP contribution >= 0.6 is 11.3 Å². The molecule has 0 spiro atoms. The van der Waals surface area contributed by atoms with Gasteiger partial charge in [0.25, 0.3) is 0 Å². The van der Waals surface area contributed by atoms with Gasteiger partial charge in [0.2, 0.25) is 0 Å². The normalized spacial score (nSPS) is 15.1. The van der Waals surface area contributed by atoms with Crippen LogP contribution < -0.4 is 10.1 Å². The second-order valence-electron chi connectivity index (χ2n) is 6.81. The monoisotopic (exact) mass is 406 g/mol. The molecule has 148 valence electrons. The SMILES string of the molecule is CCOc1ccc(-c2nnc(-c3cccc4c3CCC4NCCO)s2)cc1C#N. The van der Waals surface area contributed by atoms with Crippen LogP contribution in [0.15, 0.2) is 36.4 Å². The number of aliphatic hydroxyl groups excluding tert-OH is 1. The quantitative estimate of drug-likeness (QED) is 0.622. The molecule has 1 unspecified atom stereocenters. The third-order valence-electron chi connectivity index (χ3n) is 5.08. The van der Waals surface area contributed by atoms with Crippen LogP contribution in [0.4, 0.5) is 0 Å². The molecule has 4 rings (SSSR count). The van der Waals surface area contributed by atoms with E-state index in [0.717, 1.165) is 34.0 Å². The second-order valence-corrected chi connectivity index (χ2v) is 7.79. The summed E-state index contributed by atoms with van der Waals surface area (Å²) in [6.45, 7) is 3.15. The summed E-state index contributed by atoms with van der Waals surface area (Å²) < 4.78 is 5.50. The van der Waals surface area contributed by atoms with Gasteiger partial charge in [-0.1, -0.05) is 29.5 Å². The van der Waals surface area contributed by atoms with E-state index in [1.54, 1.807) is 6.07 Å². The van der Waals surface area contributed by atoms with Crippen molar-refractivity contribution in [2.24, 2.45) is 0 Å². The van der Waals surface area contributed by atoms with Crippen molar-refractivity contribution in [3.05, 3.63) is 53.1 Å². The Hall–Kier alpha value is -2.79. The summed E-state index contributed by atoms with van der Waals surface area (Å²) >= 11 is 1.53. The maximum Gasteiger partial charge on any atom is 0.148 e. The molecule has 1 atom stereocenters. The zero-order chi connectivity index (χ0) is 20.2. The van der Waals surface area contributed by atoms with Gasteiger partial charge in [-0.3, -0.25) is 0 Å². The molecule has 0 bridgehead atoms. The number of hydrogen-bond donors (Lipinski definition) is 2. The zero-order valence-electron chi connectivity index (χ0n) is 16.2. The molecule has 1 heterocycles. The second kappa shape index (κ2) is 8.70. The van der Waals surface area contributed by atoms with Crippen LogP contribution in [-0.2, 0) is 6.42 Å². The first-order valence-electron chi connectivity index (χ1n) is 9.72. The first-order valence-corrected chi connectivity index (χ1v) is 10.5. The number of nitrogens with zero attached hydrogens (tertiary/aromatic N) is 3. The Morgan fingerprint density at radius 3 is 2.93 bits per heavy atom. The number of ether oxygens (including phenoxy) is 1. The molecule has 29 heavy (non-hydrogen) atoms. The third kappa shape index (κ3) is 3.87. The van der Waals surface area contributed by atoms with Crippen molar-refractivity contribution < 1.29 is 9.84 Å². The van der Waals surface area contributed by atoms with Crippen molar-refractivity contribution in [1.29, 1.82) is 5.26 Å². The maximum absolute atomic E-state index is 9.41. The highest BCUT2D eigenvalue weighted by Crippen LogP contribution is 2.40. The predicted octanol–water partition coefficient (Wildman–Crippen LogP) is 3.71. The third-order valence-corrected chi connectivity index (χ3v) is 6.08. The number of aromatic nitrogens is 2. The summed E-state index contributed by atoms with van der Waals surface area (Å²) in [5.41, 5.74) is 5.06. The first kappa shape index (κ1) is 19.5. The van der Waals surface area contributed by atoms with Gasteiger partial charge in [0, 0.05) is 23.7 Å². The molecule has 0 saturated heterocycles. The molecule has 0 saturated carbocycles. The van der Waals surface area contributed by atoms with Gasteiger partial charge in [-0.05, 0) is 49.1 Å². The number of aliphatic hydroxyl groups is 1. The topological polar surface area (TPSA) is 91.1 Å². The highest BCUT2D eigenvalue weighted by molar-refractivity contribution is 7.17. The van der Waals surface area contributed by atoms with Crippen LogP contribution in [0.1, 0.15) is 36.1 Å². The summed E-state index contributed by atoms with van der Waals surface area (Å²) in [6.07, 6.45) is 1.99. The minimum absolute atomic E-state index is 0.137. The lowest BCUT2D eigenvalue weighted by atomic mass is 10.0.